The fourth-order valence-corrected chi connectivity index (χ4v) is 1.45. The fraction of sp³-hybridized carbons (Fsp3) is 0.250. The largest absolute Gasteiger partial charge is 0.350 e. The predicted octanol–water partition coefficient (Wildman–Crippen LogP) is 1.05. The Bertz CT molecular complexity index is 453. The standard InChI is InChI=1S/C12H14N4O/c17-12(14-9-11-6-8-15-16-11)5-4-10-3-1-2-7-13-10/h1-3,6-8H,4-5,9H2,(H,14,17)(H,15,16). The van der Waals surface area contributed by atoms with Gasteiger partial charge < -0.3 is 5.32 Å². The van der Waals surface area contributed by atoms with E-state index in [4.69, 9.17) is 0 Å². The first-order chi connectivity index (χ1) is 8.34. The molecule has 2 rings (SSSR count). The maximum absolute atomic E-state index is 11.5. The molecule has 0 saturated heterocycles. The average Bonchev–Trinajstić information content (AvgIpc) is 2.88. The summed E-state index contributed by atoms with van der Waals surface area (Å²) >= 11 is 0. The van der Waals surface area contributed by atoms with Crippen molar-refractivity contribution in [3.8, 4) is 0 Å². The third-order valence-corrected chi connectivity index (χ3v) is 2.37. The zero-order chi connectivity index (χ0) is 11.9. The van der Waals surface area contributed by atoms with Gasteiger partial charge in [0.1, 0.15) is 0 Å². The second-order valence-electron chi connectivity index (χ2n) is 3.68. The molecule has 0 saturated carbocycles. The number of carbonyl (C=O) groups is 1. The summed E-state index contributed by atoms with van der Waals surface area (Å²) < 4.78 is 0. The van der Waals surface area contributed by atoms with Crippen LogP contribution in [0.2, 0.25) is 0 Å². The van der Waals surface area contributed by atoms with Crippen LogP contribution < -0.4 is 5.32 Å². The zero-order valence-electron chi connectivity index (χ0n) is 9.39. The molecule has 5 nitrogen and oxygen atoms in total. The molecule has 2 N–H and O–H groups in total. The Balaban J connectivity index is 1.71. The van der Waals surface area contributed by atoms with E-state index in [1.54, 1.807) is 12.4 Å². The lowest BCUT2D eigenvalue weighted by Gasteiger charge is -2.03. The molecule has 0 atom stereocenters. The first-order valence-corrected chi connectivity index (χ1v) is 5.49. The molecule has 0 aliphatic carbocycles. The molecule has 0 aliphatic heterocycles. The van der Waals surface area contributed by atoms with Gasteiger partial charge in [0.2, 0.25) is 5.91 Å². The van der Waals surface area contributed by atoms with Crippen LogP contribution in [-0.2, 0) is 17.8 Å². The van der Waals surface area contributed by atoms with Crippen molar-refractivity contribution < 1.29 is 4.79 Å². The minimum atomic E-state index is 0.0188. The molecular formula is C12H14N4O. The van der Waals surface area contributed by atoms with Crippen LogP contribution in [0.1, 0.15) is 17.8 Å². The molecule has 2 heterocycles. The number of H-pyrrole nitrogens is 1. The maximum Gasteiger partial charge on any atom is 0.220 e. The summed E-state index contributed by atoms with van der Waals surface area (Å²) in [5.41, 5.74) is 1.83. The Hall–Kier alpha value is -2.17. The lowest BCUT2D eigenvalue weighted by atomic mass is 10.2. The van der Waals surface area contributed by atoms with Crippen molar-refractivity contribution in [1.29, 1.82) is 0 Å². The molecule has 1 amide bonds. The van der Waals surface area contributed by atoms with E-state index in [1.807, 2.05) is 24.3 Å². The third kappa shape index (κ3) is 3.71. The summed E-state index contributed by atoms with van der Waals surface area (Å²) in [4.78, 5) is 15.7. The Morgan fingerprint density at radius 2 is 2.24 bits per heavy atom. The van der Waals surface area contributed by atoms with Crippen LogP contribution in [0.3, 0.4) is 0 Å². The number of carbonyl (C=O) groups excluding carboxylic acids is 1. The van der Waals surface area contributed by atoms with E-state index in [1.165, 1.54) is 0 Å². The number of nitrogens with zero attached hydrogens (tertiary/aromatic N) is 2. The maximum atomic E-state index is 11.5. The number of aryl methyl sites for hydroxylation is 1. The predicted molar refractivity (Wildman–Crippen MR) is 63.0 cm³/mol. The molecule has 0 bridgehead atoms. The molecule has 17 heavy (non-hydrogen) atoms. The minimum absolute atomic E-state index is 0.0188. The quantitative estimate of drug-likeness (QED) is 0.806. The molecular weight excluding hydrogens is 216 g/mol. The van der Waals surface area contributed by atoms with Gasteiger partial charge in [-0.05, 0) is 24.6 Å². The van der Waals surface area contributed by atoms with E-state index in [-0.39, 0.29) is 5.91 Å². The summed E-state index contributed by atoms with van der Waals surface area (Å²) in [5.74, 6) is 0.0188. The number of hydrogen-bond donors (Lipinski definition) is 2. The van der Waals surface area contributed by atoms with Gasteiger partial charge in [-0.25, -0.2) is 0 Å². The van der Waals surface area contributed by atoms with Crippen LogP contribution in [0.5, 0.6) is 0 Å². The summed E-state index contributed by atoms with van der Waals surface area (Å²) in [6.45, 7) is 0.487. The number of hydrogen-bond acceptors (Lipinski definition) is 3. The van der Waals surface area contributed by atoms with E-state index in [0.717, 1.165) is 11.4 Å². The van der Waals surface area contributed by atoms with Gasteiger partial charge >= 0.3 is 0 Å². The van der Waals surface area contributed by atoms with E-state index < -0.39 is 0 Å². The first kappa shape index (κ1) is 11.3. The molecule has 88 valence electrons. The number of aromatic nitrogens is 3. The normalized spacial score (nSPS) is 10.1. The lowest BCUT2D eigenvalue weighted by Crippen LogP contribution is -2.23. The summed E-state index contributed by atoms with van der Waals surface area (Å²) in [6.07, 6.45) is 4.51. The van der Waals surface area contributed by atoms with E-state index in [0.29, 0.717) is 19.4 Å². The molecule has 0 aromatic carbocycles. The van der Waals surface area contributed by atoms with Gasteiger partial charge in [-0.2, -0.15) is 5.10 Å². The second-order valence-corrected chi connectivity index (χ2v) is 3.68. The van der Waals surface area contributed by atoms with Gasteiger partial charge in [0, 0.05) is 24.5 Å². The van der Waals surface area contributed by atoms with Gasteiger partial charge in [-0.3, -0.25) is 14.9 Å². The molecule has 0 spiro atoms. The van der Waals surface area contributed by atoms with E-state index in [2.05, 4.69) is 20.5 Å². The molecule has 0 aliphatic rings. The molecule has 0 unspecified atom stereocenters. The number of nitrogens with one attached hydrogen (secondary N) is 2. The van der Waals surface area contributed by atoms with Crippen LogP contribution in [0.25, 0.3) is 0 Å². The van der Waals surface area contributed by atoms with Gasteiger partial charge in [-0.1, -0.05) is 6.07 Å². The first-order valence-electron chi connectivity index (χ1n) is 5.49. The zero-order valence-corrected chi connectivity index (χ0v) is 9.39. The average molecular weight is 230 g/mol. The molecule has 0 fully saturated rings. The summed E-state index contributed by atoms with van der Waals surface area (Å²) in [6, 6.07) is 7.54. The van der Waals surface area contributed by atoms with Gasteiger partial charge in [0.15, 0.2) is 0 Å². The number of rotatable bonds is 5. The Morgan fingerprint density at radius 1 is 1.29 bits per heavy atom. The van der Waals surface area contributed by atoms with Crippen molar-refractivity contribution in [3.63, 3.8) is 0 Å². The van der Waals surface area contributed by atoms with E-state index in [9.17, 15) is 4.79 Å². The number of aromatic amines is 1. The van der Waals surface area contributed by atoms with Crippen LogP contribution in [0, 0.1) is 0 Å². The summed E-state index contributed by atoms with van der Waals surface area (Å²) in [7, 11) is 0. The van der Waals surface area contributed by atoms with Crippen LogP contribution in [-0.4, -0.2) is 21.1 Å². The fourth-order valence-electron chi connectivity index (χ4n) is 1.45. The lowest BCUT2D eigenvalue weighted by molar-refractivity contribution is -0.121. The monoisotopic (exact) mass is 230 g/mol. The Kier molecular flexibility index (Phi) is 3.85. The topological polar surface area (TPSA) is 70.7 Å². The molecule has 2 aromatic heterocycles. The van der Waals surface area contributed by atoms with Crippen molar-refractivity contribution in [1.82, 2.24) is 20.5 Å². The van der Waals surface area contributed by atoms with Crippen molar-refractivity contribution in [3.05, 3.63) is 48.0 Å². The van der Waals surface area contributed by atoms with Crippen LogP contribution in [0.4, 0.5) is 0 Å². The molecule has 0 radical (unpaired) electrons. The smallest absolute Gasteiger partial charge is 0.220 e. The van der Waals surface area contributed by atoms with Crippen molar-refractivity contribution in [2.45, 2.75) is 19.4 Å². The Morgan fingerprint density at radius 3 is 2.94 bits per heavy atom. The van der Waals surface area contributed by atoms with Crippen LogP contribution >= 0.6 is 0 Å². The van der Waals surface area contributed by atoms with Gasteiger partial charge in [0.25, 0.3) is 0 Å². The van der Waals surface area contributed by atoms with Gasteiger partial charge in [-0.15, -0.1) is 0 Å². The number of pyridine rings is 1. The minimum Gasteiger partial charge on any atom is -0.350 e. The van der Waals surface area contributed by atoms with E-state index >= 15 is 0 Å². The Labute approximate surface area is 99.3 Å². The highest BCUT2D eigenvalue weighted by atomic mass is 16.1. The highest BCUT2D eigenvalue weighted by Crippen LogP contribution is 1.98. The third-order valence-electron chi connectivity index (χ3n) is 2.37. The van der Waals surface area contributed by atoms with Crippen LogP contribution in [0.15, 0.2) is 36.7 Å². The second kappa shape index (κ2) is 5.79. The number of amides is 1. The van der Waals surface area contributed by atoms with Gasteiger partial charge in [0.05, 0.1) is 12.2 Å². The van der Waals surface area contributed by atoms with Crippen molar-refractivity contribution in [2.24, 2.45) is 0 Å². The highest BCUT2D eigenvalue weighted by molar-refractivity contribution is 5.76. The molecule has 2 aromatic rings. The van der Waals surface area contributed by atoms with Crippen molar-refractivity contribution >= 4 is 5.91 Å². The van der Waals surface area contributed by atoms with Crippen molar-refractivity contribution in [2.75, 3.05) is 0 Å². The SMILES string of the molecule is O=C(CCc1ccccn1)NCc1ccn[nH]1. The highest BCUT2D eigenvalue weighted by Gasteiger charge is 2.03. The molecule has 5 heteroatoms. The summed E-state index contributed by atoms with van der Waals surface area (Å²) in [5, 5.41) is 9.41.